The van der Waals surface area contributed by atoms with E-state index < -0.39 is 46.3 Å². The van der Waals surface area contributed by atoms with Crippen molar-refractivity contribution in [2.24, 2.45) is 0 Å². The molecule has 0 aliphatic heterocycles. The third-order valence-corrected chi connectivity index (χ3v) is 4.93. The van der Waals surface area contributed by atoms with Crippen LogP contribution in [0.5, 0.6) is 0 Å². The van der Waals surface area contributed by atoms with Crippen LogP contribution in [0.1, 0.15) is 25.0 Å². The molecule has 0 aliphatic carbocycles. The van der Waals surface area contributed by atoms with Crippen molar-refractivity contribution in [2.75, 3.05) is 23.0 Å². The minimum atomic E-state index is -1.40. The molecule has 0 fully saturated rings. The first-order valence-electron chi connectivity index (χ1n) is 10.8. The Morgan fingerprint density at radius 3 is 1.33 bits per heavy atom. The molecule has 0 unspecified atom stereocenters. The molecule has 0 aromatic heterocycles. The third kappa shape index (κ3) is 4.79. The molecule has 0 saturated carbocycles. The van der Waals surface area contributed by atoms with Crippen LogP contribution < -0.4 is 9.80 Å². The van der Waals surface area contributed by atoms with Gasteiger partial charge in [-0.3, -0.25) is 0 Å². The molecule has 0 bridgehead atoms. The summed E-state index contributed by atoms with van der Waals surface area (Å²) in [6, 6.07) is 18.1. The minimum absolute atomic E-state index is 0.0565. The lowest BCUT2D eigenvalue weighted by Gasteiger charge is -2.30. The molecule has 8 nitrogen and oxygen atoms in total. The number of para-hydroxylation sites is 2. The summed E-state index contributed by atoms with van der Waals surface area (Å²) in [5, 5.41) is 19.1. The van der Waals surface area contributed by atoms with E-state index in [9.17, 15) is 20.1 Å². The number of nitriles is 2. The highest BCUT2D eigenvalue weighted by Gasteiger charge is 2.37. The Bertz CT molecular complexity index is 1250. The SMILES string of the molecule is CCOC(=O)N(c1ccccc1)c1c(F)c(C#N)c(C#N)c(F)c1N(C(=O)OCC)c1ccccc1. The maximum atomic E-state index is 16.1. The average Bonchev–Trinajstić information content (AvgIpc) is 2.89. The van der Waals surface area contributed by atoms with Crippen molar-refractivity contribution in [3.63, 3.8) is 0 Å². The van der Waals surface area contributed by atoms with Crippen LogP contribution in [0.3, 0.4) is 0 Å². The minimum Gasteiger partial charge on any atom is -0.449 e. The summed E-state index contributed by atoms with van der Waals surface area (Å²) in [6.45, 7) is 2.83. The molecule has 0 N–H and O–H groups in total. The molecule has 0 atom stereocenters. The Balaban J connectivity index is 2.52. The molecular weight excluding hydrogens is 470 g/mol. The Morgan fingerprint density at radius 2 is 1.06 bits per heavy atom. The Kier molecular flexibility index (Phi) is 8.16. The van der Waals surface area contributed by atoms with Crippen molar-refractivity contribution in [1.29, 1.82) is 10.5 Å². The van der Waals surface area contributed by atoms with Crippen molar-refractivity contribution in [2.45, 2.75) is 13.8 Å². The molecule has 3 rings (SSSR count). The van der Waals surface area contributed by atoms with E-state index in [0.717, 1.165) is 0 Å². The fourth-order valence-corrected chi connectivity index (χ4v) is 3.46. The summed E-state index contributed by atoms with van der Waals surface area (Å²) in [7, 11) is 0. The first kappa shape index (κ1) is 25.7. The lowest BCUT2D eigenvalue weighted by atomic mass is 10.0. The normalized spacial score (nSPS) is 10.1. The van der Waals surface area contributed by atoms with Gasteiger partial charge in [0.05, 0.1) is 24.6 Å². The number of hydrogen-bond donors (Lipinski definition) is 0. The standard InChI is InChI=1S/C26H20F2N4O4/c1-3-35-25(33)31(17-11-7-5-8-12-17)23-21(27)19(15-29)20(16-30)22(28)24(23)32(26(34)36-4-2)18-13-9-6-10-14-18/h5-14H,3-4H2,1-2H3. The number of hydrogen-bond acceptors (Lipinski definition) is 6. The van der Waals surface area contributed by atoms with Crippen LogP contribution in [-0.4, -0.2) is 25.4 Å². The molecule has 3 aromatic carbocycles. The van der Waals surface area contributed by atoms with E-state index in [2.05, 4.69) is 0 Å². The van der Waals surface area contributed by atoms with E-state index in [1.54, 1.807) is 36.4 Å². The van der Waals surface area contributed by atoms with Crippen LogP contribution in [0.2, 0.25) is 0 Å². The van der Waals surface area contributed by atoms with Gasteiger partial charge in [-0.25, -0.2) is 28.2 Å². The van der Waals surface area contributed by atoms with Gasteiger partial charge in [0.15, 0.2) is 11.6 Å². The zero-order valence-electron chi connectivity index (χ0n) is 19.4. The van der Waals surface area contributed by atoms with E-state index >= 15 is 8.78 Å². The number of amides is 2. The van der Waals surface area contributed by atoms with Crippen LogP contribution in [0.25, 0.3) is 0 Å². The van der Waals surface area contributed by atoms with Gasteiger partial charge in [-0.2, -0.15) is 10.5 Å². The number of carbonyl (C=O) groups excluding carboxylic acids is 2. The summed E-state index contributed by atoms with van der Waals surface area (Å²) in [6.07, 6.45) is -2.21. The van der Waals surface area contributed by atoms with E-state index in [1.807, 2.05) is 0 Å². The van der Waals surface area contributed by atoms with Gasteiger partial charge in [0.1, 0.15) is 34.6 Å². The Hall–Kier alpha value is -4.96. The van der Waals surface area contributed by atoms with Gasteiger partial charge in [0, 0.05) is 0 Å². The number of nitrogens with zero attached hydrogens (tertiary/aromatic N) is 4. The van der Waals surface area contributed by atoms with Crippen molar-refractivity contribution in [3.05, 3.63) is 83.4 Å². The fourth-order valence-electron chi connectivity index (χ4n) is 3.46. The molecule has 0 heterocycles. The zero-order valence-corrected chi connectivity index (χ0v) is 19.4. The van der Waals surface area contributed by atoms with Gasteiger partial charge in [-0.1, -0.05) is 36.4 Å². The van der Waals surface area contributed by atoms with Crippen molar-refractivity contribution >= 4 is 34.9 Å². The maximum absolute atomic E-state index is 16.1. The van der Waals surface area contributed by atoms with Crippen LogP contribution >= 0.6 is 0 Å². The number of rotatable bonds is 6. The lowest BCUT2D eigenvalue weighted by molar-refractivity contribution is 0.160. The van der Waals surface area contributed by atoms with E-state index in [0.29, 0.717) is 9.80 Å². The maximum Gasteiger partial charge on any atom is 0.419 e. The summed E-state index contributed by atoms with van der Waals surface area (Å²) in [5.74, 6) is -2.79. The highest BCUT2D eigenvalue weighted by atomic mass is 19.1. The Morgan fingerprint density at radius 1 is 0.722 bits per heavy atom. The largest absolute Gasteiger partial charge is 0.449 e. The number of anilines is 4. The van der Waals surface area contributed by atoms with Crippen LogP contribution in [0.15, 0.2) is 60.7 Å². The zero-order chi connectivity index (χ0) is 26.2. The molecule has 0 aliphatic rings. The predicted octanol–water partition coefficient (Wildman–Crippen LogP) is 6.30. The van der Waals surface area contributed by atoms with Crippen LogP contribution in [0, 0.1) is 34.3 Å². The second-order valence-electron chi connectivity index (χ2n) is 7.04. The summed E-state index contributed by atoms with van der Waals surface area (Å²) in [5.41, 5.74) is -3.36. The van der Waals surface area contributed by atoms with Gasteiger partial charge in [-0.15, -0.1) is 0 Å². The van der Waals surface area contributed by atoms with Gasteiger partial charge < -0.3 is 9.47 Å². The summed E-state index contributed by atoms with van der Waals surface area (Å²) >= 11 is 0. The second-order valence-corrected chi connectivity index (χ2v) is 7.04. The molecule has 0 spiro atoms. The number of halogens is 2. The first-order chi connectivity index (χ1) is 17.4. The fraction of sp³-hybridized carbons (Fsp3) is 0.154. The lowest BCUT2D eigenvalue weighted by Crippen LogP contribution is -2.34. The van der Waals surface area contributed by atoms with Gasteiger partial charge in [-0.05, 0) is 38.1 Å². The van der Waals surface area contributed by atoms with Crippen LogP contribution in [-0.2, 0) is 9.47 Å². The molecule has 0 saturated heterocycles. The summed E-state index contributed by atoms with van der Waals surface area (Å²) in [4.78, 5) is 27.6. The monoisotopic (exact) mass is 490 g/mol. The molecule has 0 radical (unpaired) electrons. The third-order valence-electron chi connectivity index (χ3n) is 4.93. The quantitative estimate of drug-likeness (QED) is 0.402. The van der Waals surface area contributed by atoms with Gasteiger partial charge in [0.25, 0.3) is 0 Å². The van der Waals surface area contributed by atoms with E-state index in [4.69, 9.17) is 9.47 Å². The first-order valence-corrected chi connectivity index (χ1v) is 10.8. The highest BCUT2D eigenvalue weighted by Crippen LogP contribution is 2.45. The molecule has 36 heavy (non-hydrogen) atoms. The molecular formula is C26H20F2N4O4. The topological polar surface area (TPSA) is 107 Å². The average molecular weight is 490 g/mol. The van der Waals surface area contributed by atoms with E-state index in [-0.39, 0.29) is 24.6 Å². The Labute approximate surface area is 206 Å². The predicted molar refractivity (Wildman–Crippen MR) is 127 cm³/mol. The smallest absolute Gasteiger partial charge is 0.419 e. The molecule has 2 amide bonds. The number of benzene rings is 3. The summed E-state index contributed by atoms with van der Waals surface area (Å²) < 4.78 is 42.3. The number of carbonyl (C=O) groups is 2. The molecule has 10 heteroatoms. The second kappa shape index (κ2) is 11.4. The van der Waals surface area contributed by atoms with Crippen molar-refractivity contribution in [3.8, 4) is 12.1 Å². The molecule has 182 valence electrons. The highest BCUT2D eigenvalue weighted by molar-refractivity contribution is 6.07. The van der Waals surface area contributed by atoms with Crippen LogP contribution in [0.4, 0.5) is 41.1 Å². The van der Waals surface area contributed by atoms with E-state index in [1.165, 1.54) is 50.3 Å². The van der Waals surface area contributed by atoms with Gasteiger partial charge >= 0.3 is 12.2 Å². The number of ether oxygens (including phenoxy) is 2. The molecule has 3 aromatic rings. The van der Waals surface area contributed by atoms with Gasteiger partial charge in [0.2, 0.25) is 0 Å². The van der Waals surface area contributed by atoms with Crippen molar-refractivity contribution < 1.29 is 27.8 Å². The van der Waals surface area contributed by atoms with Crippen molar-refractivity contribution in [1.82, 2.24) is 0 Å².